The van der Waals surface area contributed by atoms with Gasteiger partial charge in [0.1, 0.15) is 18.2 Å². The van der Waals surface area contributed by atoms with E-state index in [0.717, 1.165) is 51.4 Å². The van der Waals surface area contributed by atoms with E-state index in [2.05, 4.69) is 12.7 Å². The van der Waals surface area contributed by atoms with Gasteiger partial charge in [0.05, 0.1) is 6.61 Å². The Balaban J connectivity index is 0.00000205. The zero-order chi connectivity index (χ0) is 19.2. The molecule has 0 bridgehead atoms. The fourth-order valence-corrected chi connectivity index (χ4v) is 5.37. The molecular weight excluding hydrogens is 467 g/mol. The molecule has 8 heteroatoms. The molecule has 5 atom stereocenters. The molecule has 0 N–H and O–H groups in total. The van der Waals surface area contributed by atoms with Crippen LogP contribution in [0.3, 0.4) is 0 Å². The maximum absolute atomic E-state index is 12.0. The zero-order valence-corrected chi connectivity index (χ0v) is 18.2. The van der Waals surface area contributed by atoms with Gasteiger partial charge in [-0.05, 0) is 25.7 Å². The van der Waals surface area contributed by atoms with Gasteiger partial charge < -0.3 is 34.5 Å². The molecule has 2 saturated carbocycles. The van der Waals surface area contributed by atoms with Crippen LogP contribution in [0, 0.1) is 6.08 Å². The Morgan fingerprint density at radius 2 is 1.55 bits per heavy atom. The molecule has 5 aliphatic rings. The molecule has 0 aromatic carbocycles. The molecule has 2 aliphatic carbocycles. The molecule has 1 radical (unpaired) electrons. The van der Waals surface area contributed by atoms with E-state index in [1.54, 1.807) is 0 Å². The summed E-state index contributed by atoms with van der Waals surface area (Å²) in [5.74, 6) is -1.74. The molecule has 29 heavy (non-hydrogen) atoms. The third kappa shape index (κ3) is 4.09. The number of hydrogen-bond donors (Lipinski definition) is 0. The Kier molecular flexibility index (Phi) is 6.51. The molecule has 0 amide bonds. The van der Waals surface area contributed by atoms with Crippen molar-refractivity contribution in [2.45, 2.75) is 106 Å². The quantitative estimate of drug-likeness (QED) is 0.258. The van der Waals surface area contributed by atoms with E-state index in [4.69, 9.17) is 28.4 Å². The zero-order valence-electron chi connectivity index (χ0n) is 16.6. The monoisotopic (exact) mass is 496 g/mol. The number of fused-ring (bicyclic) bond motifs is 1. The second-order valence-corrected chi connectivity index (χ2v) is 8.63. The minimum atomic E-state index is -0.625. The van der Waals surface area contributed by atoms with Crippen LogP contribution in [0.15, 0.2) is 6.58 Å². The van der Waals surface area contributed by atoms with Crippen LogP contribution in [0.4, 0.5) is 0 Å². The third-order valence-electron chi connectivity index (χ3n) is 6.75. The largest absolute Gasteiger partial charge is 0.481 e. The Bertz CT molecular complexity index is 614. The second-order valence-electron chi connectivity index (χ2n) is 8.63. The summed E-state index contributed by atoms with van der Waals surface area (Å²) in [6.45, 7) is 3.81. The fourth-order valence-electron chi connectivity index (χ4n) is 5.37. The molecule has 3 saturated heterocycles. The van der Waals surface area contributed by atoms with Gasteiger partial charge in [-0.3, -0.25) is 11.4 Å². The molecule has 3 aliphatic heterocycles. The van der Waals surface area contributed by atoms with Crippen molar-refractivity contribution in [3.05, 3.63) is 12.7 Å². The molecule has 5 rings (SSSR count). The first kappa shape index (κ1) is 21.8. The van der Waals surface area contributed by atoms with Gasteiger partial charge in [0, 0.05) is 45.2 Å². The Labute approximate surface area is 184 Å². The maximum Gasteiger partial charge on any atom is 0.191 e. The molecule has 0 aromatic heterocycles. The number of esters is 1. The van der Waals surface area contributed by atoms with Gasteiger partial charge in [-0.25, -0.2) is 0 Å². The van der Waals surface area contributed by atoms with Crippen molar-refractivity contribution in [2.24, 2.45) is 0 Å². The summed E-state index contributed by atoms with van der Waals surface area (Å²) in [5.41, 5.74) is 0. The minimum Gasteiger partial charge on any atom is -0.481 e. The van der Waals surface area contributed by atoms with Crippen LogP contribution in [0.25, 0.3) is 0 Å². The molecular formula is C21H29O7Rh-. The topological polar surface area (TPSA) is 72.5 Å². The standard InChI is InChI=1S/C21H29O7.Rh/c1-2-15(22)24-17-16(14-13-23-20(26-14)9-5-3-6-10-20)25-19-18(17)27-21(28-19)11-7-4-8-12-21;/h14,16-19H,1,3-13H2;/q-1;. The molecule has 0 aromatic rings. The normalized spacial score (nSPS) is 39.8. The summed E-state index contributed by atoms with van der Waals surface area (Å²) in [4.78, 5) is 12.0. The predicted molar refractivity (Wildman–Crippen MR) is 95.8 cm³/mol. The number of rotatable bonds is 3. The van der Waals surface area contributed by atoms with Crippen LogP contribution in [-0.2, 0) is 52.7 Å². The van der Waals surface area contributed by atoms with Crippen molar-refractivity contribution >= 4 is 5.97 Å². The first-order chi connectivity index (χ1) is 13.6. The van der Waals surface area contributed by atoms with Crippen molar-refractivity contribution in [3.63, 3.8) is 0 Å². The summed E-state index contributed by atoms with van der Waals surface area (Å²) >= 11 is 0. The average Bonchev–Trinajstić information content (AvgIpc) is 3.36. The van der Waals surface area contributed by atoms with Crippen molar-refractivity contribution in [3.8, 4) is 0 Å². The van der Waals surface area contributed by atoms with E-state index < -0.39 is 42.1 Å². The van der Waals surface area contributed by atoms with Crippen LogP contribution in [0.2, 0.25) is 0 Å². The van der Waals surface area contributed by atoms with Crippen LogP contribution >= 0.6 is 0 Å². The molecule has 3 heterocycles. The molecule has 5 unspecified atom stereocenters. The fraction of sp³-hybridized carbons (Fsp3) is 0.857. The van der Waals surface area contributed by atoms with E-state index in [1.165, 1.54) is 12.8 Å². The van der Waals surface area contributed by atoms with Gasteiger partial charge in [0.15, 0.2) is 30.1 Å². The smallest absolute Gasteiger partial charge is 0.191 e. The van der Waals surface area contributed by atoms with Gasteiger partial charge in [-0.15, -0.1) is 0 Å². The van der Waals surface area contributed by atoms with Crippen molar-refractivity contribution in [1.82, 2.24) is 0 Å². The Morgan fingerprint density at radius 1 is 0.897 bits per heavy atom. The third-order valence-corrected chi connectivity index (χ3v) is 6.75. The van der Waals surface area contributed by atoms with Gasteiger partial charge in [-0.2, -0.15) is 0 Å². The van der Waals surface area contributed by atoms with E-state index in [-0.39, 0.29) is 25.6 Å². The molecule has 7 nitrogen and oxygen atoms in total. The summed E-state index contributed by atoms with van der Waals surface area (Å²) in [5, 5.41) is 0. The second kappa shape index (κ2) is 8.64. The molecule has 165 valence electrons. The van der Waals surface area contributed by atoms with Gasteiger partial charge >= 0.3 is 0 Å². The Hall–Kier alpha value is -0.367. The number of carbonyl (C=O) groups excluding carboxylic acids is 1. The summed E-state index contributed by atoms with van der Waals surface area (Å²) in [7, 11) is 0. The summed E-state index contributed by atoms with van der Waals surface area (Å²) in [6.07, 6.45) is 10.0. The first-order valence-corrected chi connectivity index (χ1v) is 10.7. The van der Waals surface area contributed by atoms with Crippen molar-refractivity contribution in [1.29, 1.82) is 0 Å². The van der Waals surface area contributed by atoms with Crippen LogP contribution in [-0.4, -0.2) is 54.9 Å². The molecule has 2 spiro atoms. The summed E-state index contributed by atoms with van der Waals surface area (Å²) < 4.78 is 36.8. The van der Waals surface area contributed by atoms with E-state index in [1.807, 2.05) is 0 Å². The van der Waals surface area contributed by atoms with Crippen molar-refractivity contribution < 1.29 is 52.7 Å². The molecule has 5 fully saturated rings. The summed E-state index contributed by atoms with van der Waals surface area (Å²) in [6, 6.07) is 0. The maximum atomic E-state index is 12.0. The van der Waals surface area contributed by atoms with E-state index in [9.17, 15) is 4.79 Å². The van der Waals surface area contributed by atoms with Gasteiger partial charge in [0.2, 0.25) is 0 Å². The SMILES string of the molecule is C=[C-]C(=O)OC1C(C2COC3(CCCCC3)O2)OC2OC3(CCCCC3)OC21.[Rh]. The number of carbonyl (C=O) groups is 1. The van der Waals surface area contributed by atoms with Crippen LogP contribution < -0.4 is 0 Å². The number of hydrogen-bond acceptors (Lipinski definition) is 7. The van der Waals surface area contributed by atoms with Crippen molar-refractivity contribution in [2.75, 3.05) is 6.61 Å². The van der Waals surface area contributed by atoms with Crippen LogP contribution in [0.1, 0.15) is 64.2 Å². The van der Waals surface area contributed by atoms with Gasteiger partial charge in [0.25, 0.3) is 0 Å². The van der Waals surface area contributed by atoms with E-state index >= 15 is 0 Å². The number of ether oxygens (including phenoxy) is 6. The average molecular weight is 496 g/mol. The Morgan fingerprint density at radius 3 is 2.21 bits per heavy atom. The van der Waals surface area contributed by atoms with E-state index in [0.29, 0.717) is 6.61 Å². The van der Waals surface area contributed by atoms with Gasteiger partial charge in [-0.1, -0.05) is 12.8 Å². The minimum absolute atomic E-state index is 0. The first-order valence-electron chi connectivity index (χ1n) is 10.7. The predicted octanol–water partition coefficient (Wildman–Crippen LogP) is 2.76. The van der Waals surface area contributed by atoms with Crippen LogP contribution in [0.5, 0.6) is 0 Å².